The molecular formula is C26H30N2O2. The van der Waals surface area contributed by atoms with Crippen LogP contribution in [0.4, 0.5) is 0 Å². The number of benzene rings is 2. The van der Waals surface area contributed by atoms with Crippen molar-refractivity contribution in [2.24, 2.45) is 0 Å². The first-order chi connectivity index (χ1) is 14.6. The van der Waals surface area contributed by atoms with Gasteiger partial charge < -0.3 is 4.90 Å². The Hall–Kier alpha value is -2.88. The van der Waals surface area contributed by atoms with Crippen LogP contribution in [0, 0.1) is 6.92 Å². The molecule has 0 atom stereocenters. The molecule has 1 aliphatic carbocycles. The van der Waals surface area contributed by atoms with Crippen molar-refractivity contribution in [3.8, 4) is 0 Å². The Morgan fingerprint density at radius 3 is 2.20 bits per heavy atom. The lowest BCUT2D eigenvalue weighted by molar-refractivity contribution is -0.141. The summed E-state index contributed by atoms with van der Waals surface area (Å²) in [6.07, 6.45) is 5.18. The quantitative estimate of drug-likeness (QED) is 0.643. The maximum atomic E-state index is 13.7. The Morgan fingerprint density at radius 1 is 0.900 bits per heavy atom. The lowest BCUT2D eigenvalue weighted by Gasteiger charge is -2.31. The minimum absolute atomic E-state index is 0.0205. The zero-order valence-corrected chi connectivity index (χ0v) is 17.9. The largest absolute Gasteiger partial charge is 0.362 e. The summed E-state index contributed by atoms with van der Waals surface area (Å²) in [5.74, 6) is -0.252. The van der Waals surface area contributed by atoms with Crippen molar-refractivity contribution < 1.29 is 9.59 Å². The molecule has 4 nitrogen and oxygen atoms in total. The van der Waals surface area contributed by atoms with Gasteiger partial charge in [0.25, 0.3) is 11.8 Å². The van der Waals surface area contributed by atoms with Gasteiger partial charge in [0.15, 0.2) is 0 Å². The molecule has 156 valence electrons. The number of carbonyl (C=O) groups excluding carboxylic acids is 2. The number of aryl methyl sites for hydroxylation is 1. The van der Waals surface area contributed by atoms with Crippen LogP contribution in [0.25, 0.3) is 5.57 Å². The molecule has 0 bridgehead atoms. The molecular weight excluding hydrogens is 372 g/mol. The number of rotatable bonds is 6. The molecule has 1 saturated carbocycles. The van der Waals surface area contributed by atoms with Crippen LogP contribution in [-0.2, 0) is 16.1 Å². The molecule has 0 spiro atoms. The number of hydrogen-bond acceptors (Lipinski definition) is 3. The fourth-order valence-corrected chi connectivity index (χ4v) is 4.63. The number of hydrogen-bond donors (Lipinski definition) is 0. The van der Waals surface area contributed by atoms with Crippen LogP contribution in [0.3, 0.4) is 0 Å². The fraction of sp³-hybridized carbons (Fsp3) is 0.385. The molecule has 0 N–H and O–H groups in total. The fourth-order valence-electron chi connectivity index (χ4n) is 4.63. The molecule has 4 rings (SSSR count). The third kappa shape index (κ3) is 3.91. The van der Waals surface area contributed by atoms with Crippen molar-refractivity contribution in [1.82, 2.24) is 9.80 Å². The third-order valence-electron chi connectivity index (χ3n) is 6.29. The zero-order chi connectivity index (χ0) is 21.1. The van der Waals surface area contributed by atoms with Crippen molar-refractivity contribution in [2.45, 2.75) is 58.5 Å². The van der Waals surface area contributed by atoms with Gasteiger partial charge in [-0.05, 0) is 37.8 Å². The van der Waals surface area contributed by atoms with Crippen LogP contribution in [0.15, 0.2) is 60.3 Å². The summed E-state index contributed by atoms with van der Waals surface area (Å²) in [6, 6.07) is 18.1. The van der Waals surface area contributed by atoms with E-state index in [4.69, 9.17) is 0 Å². The molecule has 1 fully saturated rings. The number of carbonyl (C=O) groups is 2. The second kappa shape index (κ2) is 8.86. The number of likely N-dealkylation sites (N-methyl/N-ethyl adjacent to an activating group) is 1. The monoisotopic (exact) mass is 402 g/mol. The second-order valence-corrected chi connectivity index (χ2v) is 8.36. The highest BCUT2D eigenvalue weighted by molar-refractivity contribution is 6.35. The highest BCUT2D eigenvalue weighted by Gasteiger charge is 2.44. The molecule has 2 amide bonds. The van der Waals surface area contributed by atoms with E-state index in [1.807, 2.05) is 56.3 Å². The lowest BCUT2D eigenvalue weighted by atomic mass is 9.94. The molecule has 4 heteroatoms. The Kier molecular flexibility index (Phi) is 6.03. The smallest absolute Gasteiger partial charge is 0.278 e. The molecule has 0 radical (unpaired) electrons. The van der Waals surface area contributed by atoms with Crippen molar-refractivity contribution in [3.05, 3.63) is 77.0 Å². The van der Waals surface area contributed by atoms with Gasteiger partial charge in [-0.3, -0.25) is 14.5 Å². The molecule has 1 aliphatic heterocycles. The second-order valence-electron chi connectivity index (χ2n) is 8.36. The van der Waals surface area contributed by atoms with Crippen LogP contribution >= 0.6 is 0 Å². The number of amides is 2. The molecule has 30 heavy (non-hydrogen) atoms. The Bertz CT molecular complexity index is 941. The van der Waals surface area contributed by atoms with Crippen molar-refractivity contribution in [3.63, 3.8) is 0 Å². The van der Waals surface area contributed by atoms with E-state index >= 15 is 0 Å². The molecule has 0 unspecified atom stereocenters. The zero-order valence-electron chi connectivity index (χ0n) is 17.9. The van der Waals surface area contributed by atoms with E-state index in [-0.39, 0.29) is 17.9 Å². The maximum absolute atomic E-state index is 13.7. The van der Waals surface area contributed by atoms with E-state index < -0.39 is 0 Å². The molecule has 2 aromatic rings. The molecule has 1 heterocycles. The van der Waals surface area contributed by atoms with Gasteiger partial charge in [0, 0.05) is 19.1 Å². The number of nitrogens with zero attached hydrogens (tertiary/aromatic N) is 2. The predicted molar refractivity (Wildman–Crippen MR) is 119 cm³/mol. The Balaban J connectivity index is 1.76. The van der Waals surface area contributed by atoms with Crippen LogP contribution < -0.4 is 0 Å². The van der Waals surface area contributed by atoms with E-state index in [1.54, 1.807) is 4.90 Å². The van der Waals surface area contributed by atoms with Crippen LogP contribution in [0.2, 0.25) is 0 Å². The third-order valence-corrected chi connectivity index (χ3v) is 6.29. The first-order valence-corrected chi connectivity index (χ1v) is 11.1. The minimum atomic E-state index is -0.128. The first-order valence-electron chi connectivity index (χ1n) is 11.1. The van der Waals surface area contributed by atoms with E-state index in [1.165, 1.54) is 6.42 Å². The normalized spacial score (nSPS) is 17.7. The maximum Gasteiger partial charge on any atom is 0.278 e. The SMILES string of the molecule is CCN(Cc1ccccc1)C1=C(c2ccc(C)cc2)C(=O)N(C2CCCCC2)C1=O. The summed E-state index contributed by atoms with van der Waals surface area (Å²) in [7, 11) is 0. The Morgan fingerprint density at radius 2 is 1.57 bits per heavy atom. The van der Waals surface area contributed by atoms with Crippen LogP contribution in [0.5, 0.6) is 0 Å². The summed E-state index contributed by atoms with van der Waals surface area (Å²) in [6.45, 7) is 5.35. The van der Waals surface area contributed by atoms with Gasteiger partial charge in [-0.2, -0.15) is 0 Å². The number of imide groups is 1. The first kappa shape index (κ1) is 20.4. The van der Waals surface area contributed by atoms with E-state index in [9.17, 15) is 9.59 Å². The van der Waals surface area contributed by atoms with Crippen molar-refractivity contribution >= 4 is 17.4 Å². The van der Waals surface area contributed by atoms with E-state index in [0.717, 1.165) is 42.4 Å². The minimum Gasteiger partial charge on any atom is -0.362 e. The van der Waals surface area contributed by atoms with Crippen LogP contribution in [0.1, 0.15) is 55.7 Å². The van der Waals surface area contributed by atoms with Crippen molar-refractivity contribution in [1.29, 1.82) is 0 Å². The highest BCUT2D eigenvalue weighted by Crippen LogP contribution is 2.36. The topological polar surface area (TPSA) is 40.6 Å². The molecule has 0 saturated heterocycles. The summed E-state index contributed by atoms with van der Waals surface area (Å²) in [5, 5.41) is 0. The summed E-state index contributed by atoms with van der Waals surface area (Å²) in [4.78, 5) is 30.9. The summed E-state index contributed by atoms with van der Waals surface area (Å²) < 4.78 is 0. The lowest BCUT2D eigenvalue weighted by Crippen LogP contribution is -2.43. The van der Waals surface area contributed by atoms with Gasteiger partial charge in [-0.1, -0.05) is 79.4 Å². The Labute approximate surface area is 179 Å². The molecule has 0 aromatic heterocycles. The highest BCUT2D eigenvalue weighted by atomic mass is 16.2. The summed E-state index contributed by atoms with van der Waals surface area (Å²) in [5.41, 5.74) is 4.22. The van der Waals surface area contributed by atoms with Gasteiger partial charge in [0.1, 0.15) is 5.70 Å². The average Bonchev–Trinajstić information content (AvgIpc) is 3.04. The molecule has 2 aliphatic rings. The van der Waals surface area contributed by atoms with Gasteiger partial charge in [-0.25, -0.2) is 0 Å². The van der Waals surface area contributed by atoms with Crippen molar-refractivity contribution in [2.75, 3.05) is 6.54 Å². The van der Waals surface area contributed by atoms with Gasteiger partial charge in [0.05, 0.1) is 5.57 Å². The molecule has 2 aromatic carbocycles. The van der Waals surface area contributed by atoms with Gasteiger partial charge in [0.2, 0.25) is 0 Å². The van der Waals surface area contributed by atoms with E-state index in [0.29, 0.717) is 24.4 Å². The van der Waals surface area contributed by atoms with Gasteiger partial charge >= 0.3 is 0 Å². The average molecular weight is 403 g/mol. The van der Waals surface area contributed by atoms with Gasteiger partial charge in [-0.15, -0.1) is 0 Å². The standard InChI is InChI=1S/C26H30N2O2/c1-3-27(18-20-10-6-4-7-11-20)24-23(21-16-14-19(2)15-17-21)25(29)28(26(24)30)22-12-8-5-9-13-22/h4,6-7,10-11,14-17,22H,3,5,8-9,12-13,18H2,1-2H3. The van der Waals surface area contributed by atoms with Crippen LogP contribution in [-0.4, -0.2) is 34.2 Å². The predicted octanol–water partition coefficient (Wildman–Crippen LogP) is 4.93. The van der Waals surface area contributed by atoms with E-state index in [2.05, 4.69) is 17.0 Å². The summed E-state index contributed by atoms with van der Waals surface area (Å²) >= 11 is 0.